The Morgan fingerprint density at radius 1 is 0.353 bits per heavy atom. The summed E-state index contributed by atoms with van der Waals surface area (Å²) in [5.41, 5.74) is 0. The minimum Gasteiger partial charge on any atom is -0.154 e. The molecule has 0 spiro atoms. The van der Waals surface area contributed by atoms with Gasteiger partial charge in [0.05, 0.1) is 0 Å². The Kier molecular flexibility index (Phi) is 17.3. The molecule has 34 heavy (non-hydrogen) atoms. The fourth-order valence-electron chi connectivity index (χ4n) is 1.76. The molecule has 0 aliphatic carbocycles. The number of rotatable bonds is 2. The summed E-state index contributed by atoms with van der Waals surface area (Å²) in [4.78, 5) is 0. The number of hydrogen-bond donors (Lipinski definition) is 0. The highest BCUT2D eigenvalue weighted by molar-refractivity contribution is 7.59. The van der Waals surface area contributed by atoms with E-state index in [0.29, 0.717) is 0 Å². The normalized spacial score (nSPS) is 4.85. The SMILES string of the molecule is C#CC#CC#CB(C#CC#CC#C)B(C#CC#CC#CC)B(C#CC#CC#C)C#CC#CC#C. The second-order valence-electron chi connectivity index (χ2n) is 5.03. The molecule has 0 radical (unpaired) electrons. The standard InChI is InChI=1S/C31H7B3/c1-6-11-16-21-26-31-34(32(27-22-17-12-7-2)28-23-18-13-8-3)33(29-24-19-14-9-4)30-25-20-15-10-5/h2-5H,1H3. The van der Waals surface area contributed by atoms with Gasteiger partial charge < -0.3 is 0 Å². The van der Waals surface area contributed by atoms with Gasteiger partial charge in [0.2, 0.25) is 6.49 Å². The molecule has 0 bridgehead atoms. The van der Waals surface area contributed by atoms with Gasteiger partial charge in [-0.05, 0) is 125 Å². The van der Waals surface area contributed by atoms with Crippen molar-refractivity contribution in [2.45, 2.75) is 6.92 Å². The van der Waals surface area contributed by atoms with Crippen LogP contribution in [0.25, 0.3) is 0 Å². The van der Waals surface area contributed by atoms with Gasteiger partial charge in [0, 0.05) is 0 Å². The average molecular weight is 412 g/mol. The van der Waals surface area contributed by atoms with Crippen LogP contribution in [-0.2, 0) is 0 Å². The molecule has 0 N–H and O–H groups in total. The van der Waals surface area contributed by atoms with Gasteiger partial charge in [-0.25, -0.2) is 0 Å². The van der Waals surface area contributed by atoms with Gasteiger partial charge in [-0.1, -0.05) is 5.92 Å². The molecular weight excluding hydrogens is 405 g/mol. The van der Waals surface area contributed by atoms with Crippen LogP contribution in [0, 0.1) is 179 Å². The van der Waals surface area contributed by atoms with Gasteiger partial charge in [0.1, 0.15) is 0 Å². The van der Waals surface area contributed by atoms with Crippen LogP contribution < -0.4 is 0 Å². The van der Waals surface area contributed by atoms with Crippen molar-refractivity contribution in [2.24, 2.45) is 0 Å². The third-order valence-electron chi connectivity index (χ3n) is 2.97. The minimum atomic E-state index is -0.708. The van der Waals surface area contributed by atoms with Gasteiger partial charge in [-0.2, -0.15) is 5.82 Å². The van der Waals surface area contributed by atoms with Crippen molar-refractivity contribution in [1.29, 1.82) is 0 Å². The first kappa shape index (κ1) is 27.6. The Balaban J connectivity index is 6.97. The average Bonchev–Trinajstić information content (AvgIpc) is 2.85. The lowest BCUT2D eigenvalue weighted by molar-refractivity contribution is 1.92. The summed E-state index contributed by atoms with van der Waals surface area (Å²) in [6.45, 7) is -0.415. The van der Waals surface area contributed by atoms with Crippen LogP contribution >= 0.6 is 0 Å². The van der Waals surface area contributed by atoms with E-state index in [-0.39, 0.29) is 0 Å². The molecule has 0 rings (SSSR count). The van der Waals surface area contributed by atoms with Crippen LogP contribution in [0.4, 0.5) is 0 Å². The fourth-order valence-corrected chi connectivity index (χ4v) is 1.76. The monoisotopic (exact) mass is 412 g/mol. The lowest BCUT2D eigenvalue weighted by Gasteiger charge is -2.06. The van der Waals surface area contributed by atoms with Gasteiger partial charge in [0.15, 0.2) is 0 Å². The summed E-state index contributed by atoms with van der Waals surface area (Å²) >= 11 is 0. The van der Waals surface area contributed by atoms with E-state index >= 15 is 0 Å². The third-order valence-corrected chi connectivity index (χ3v) is 2.97. The van der Waals surface area contributed by atoms with Crippen molar-refractivity contribution in [2.75, 3.05) is 0 Å². The molecule has 0 unspecified atom stereocenters. The summed E-state index contributed by atoms with van der Waals surface area (Å²) in [6.07, 6.45) is 20.5. The summed E-state index contributed by atoms with van der Waals surface area (Å²) in [5.74, 6) is 66.9. The topological polar surface area (TPSA) is 0 Å². The molecule has 0 atom stereocenters. The van der Waals surface area contributed by atoms with Crippen LogP contribution in [0.5, 0.6) is 0 Å². The molecule has 0 saturated carbocycles. The van der Waals surface area contributed by atoms with E-state index in [1.807, 2.05) is 0 Å². The van der Waals surface area contributed by atoms with Crippen molar-refractivity contribution >= 4 is 19.7 Å². The van der Waals surface area contributed by atoms with E-state index in [0.717, 1.165) is 0 Å². The first-order valence-corrected chi connectivity index (χ1v) is 9.01. The summed E-state index contributed by atoms with van der Waals surface area (Å²) < 4.78 is 0. The predicted octanol–water partition coefficient (Wildman–Crippen LogP) is -0.0863. The molecule has 0 aromatic carbocycles. The van der Waals surface area contributed by atoms with Gasteiger partial charge >= 0.3 is 0 Å². The van der Waals surface area contributed by atoms with Crippen molar-refractivity contribution in [3.63, 3.8) is 0 Å². The summed E-state index contributed by atoms with van der Waals surface area (Å²) in [6, 6.07) is 0. The molecular formula is C31H7B3. The highest BCUT2D eigenvalue weighted by Gasteiger charge is 2.36. The molecule has 0 aliphatic rings. The largest absolute Gasteiger partial charge is 0.295 e. The van der Waals surface area contributed by atoms with Crippen molar-refractivity contribution < 1.29 is 0 Å². The zero-order chi connectivity index (χ0) is 25.1. The molecule has 0 fully saturated rings. The first-order chi connectivity index (χ1) is 16.7. The van der Waals surface area contributed by atoms with Crippen LogP contribution in [0.15, 0.2) is 0 Å². The van der Waals surface area contributed by atoms with Crippen molar-refractivity contribution in [3.8, 4) is 179 Å². The Morgan fingerprint density at radius 2 is 0.647 bits per heavy atom. The smallest absolute Gasteiger partial charge is 0.154 e. The minimum absolute atomic E-state index is 0.663. The molecule has 0 aromatic heterocycles. The van der Waals surface area contributed by atoms with Gasteiger partial charge in [-0.3, -0.25) is 0 Å². The van der Waals surface area contributed by atoms with E-state index in [1.54, 1.807) is 6.92 Å². The van der Waals surface area contributed by atoms with E-state index in [1.165, 1.54) is 0 Å². The first-order valence-electron chi connectivity index (χ1n) is 9.01. The van der Waals surface area contributed by atoms with Gasteiger partial charge in [0.25, 0.3) is 13.2 Å². The Labute approximate surface area is 205 Å². The molecule has 0 aromatic rings. The van der Waals surface area contributed by atoms with E-state index in [4.69, 9.17) is 25.7 Å². The predicted molar refractivity (Wildman–Crippen MR) is 144 cm³/mol. The summed E-state index contributed by atoms with van der Waals surface area (Å²) in [5, 5.41) is 0. The van der Waals surface area contributed by atoms with Gasteiger partial charge in [-0.15, -0.1) is 49.0 Å². The van der Waals surface area contributed by atoms with Crippen LogP contribution in [0.3, 0.4) is 0 Å². The second kappa shape index (κ2) is 21.3. The molecule has 0 aliphatic heterocycles. The molecule has 0 amide bonds. The molecule has 0 heterocycles. The Morgan fingerprint density at radius 3 is 0.971 bits per heavy atom. The Bertz CT molecular complexity index is 1480. The maximum absolute atomic E-state index is 5.14. The zero-order valence-corrected chi connectivity index (χ0v) is 18.0. The van der Waals surface area contributed by atoms with Crippen LogP contribution in [0.1, 0.15) is 6.92 Å². The molecule has 0 saturated heterocycles. The highest BCUT2D eigenvalue weighted by atomic mass is 13.6. The second-order valence-corrected chi connectivity index (χ2v) is 5.03. The Hall–Kier alpha value is -6.41. The maximum Gasteiger partial charge on any atom is 0.295 e. The quantitative estimate of drug-likeness (QED) is 0.440. The van der Waals surface area contributed by atoms with E-state index < -0.39 is 19.7 Å². The zero-order valence-electron chi connectivity index (χ0n) is 18.0. The van der Waals surface area contributed by atoms with Crippen molar-refractivity contribution in [1.82, 2.24) is 0 Å². The highest BCUT2D eigenvalue weighted by Crippen LogP contribution is 1.96. The number of hydrogen-bond acceptors (Lipinski definition) is 0. The van der Waals surface area contributed by atoms with E-state index in [2.05, 4.69) is 153 Å². The maximum atomic E-state index is 5.14. The van der Waals surface area contributed by atoms with E-state index in [9.17, 15) is 0 Å². The lowest BCUT2D eigenvalue weighted by Crippen LogP contribution is -2.46. The number of terminal acetylenes is 4. The van der Waals surface area contributed by atoms with Crippen LogP contribution in [0.2, 0.25) is 0 Å². The molecule has 3 heteroatoms. The van der Waals surface area contributed by atoms with Crippen LogP contribution in [-0.4, -0.2) is 19.7 Å². The molecule has 140 valence electrons. The molecule has 0 nitrogen and oxygen atoms in total. The van der Waals surface area contributed by atoms with Crippen molar-refractivity contribution in [3.05, 3.63) is 0 Å². The summed E-state index contributed by atoms with van der Waals surface area (Å²) in [7, 11) is 0. The third kappa shape index (κ3) is 14.6. The fraction of sp³-hybridized carbons (Fsp3) is 0.0323. The lowest BCUT2D eigenvalue weighted by atomic mass is 8.89.